The number of nitrogens with zero attached hydrogens (tertiary/aromatic N) is 2. The number of imide groups is 1. The van der Waals surface area contributed by atoms with Crippen molar-refractivity contribution in [3.05, 3.63) is 65.5 Å². The zero-order valence-electron chi connectivity index (χ0n) is 14.0. The second kappa shape index (κ2) is 6.84. The molecular weight excluding hydrogens is 337 g/mol. The summed E-state index contributed by atoms with van der Waals surface area (Å²) in [6.45, 7) is 1.53. The molecule has 1 heterocycles. The summed E-state index contributed by atoms with van der Waals surface area (Å²) in [5, 5.41) is 11.7. The minimum atomic E-state index is -1.26. The summed E-state index contributed by atoms with van der Waals surface area (Å²) in [7, 11) is 0. The Balaban J connectivity index is 1.72. The monoisotopic (exact) mass is 353 g/mol. The van der Waals surface area contributed by atoms with Crippen LogP contribution in [0.1, 0.15) is 18.1 Å². The molecule has 0 saturated carbocycles. The topological polar surface area (TPSA) is 82.4 Å². The van der Waals surface area contributed by atoms with Crippen LogP contribution in [0.4, 0.5) is 9.18 Å². The van der Waals surface area contributed by atoms with E-state index >= 15 is 0 Å². The molecule has 3 rings (SSSR count). The fraction of sp³-hybridized carbons (Fsp3) is 0.211. The molecule has 3 amide bonds. The zero-order chi connectivity index (χ0) is 18.7. The predicted octanol–water partition coefficient (Wildman–Crippen LogP) is 2.54. The number of nitriles is 1. The van der Waals surface area contributed by atoms with Gasteiger partial charge in [-0.15, -0.1) is 0 Å². The van der Waals surface area contributed by atoms with Gasteiger partial charge in [0.15, 0.2) is 11.6 Å². The third-order valence-corrected chi connectivity index (χ3v) is 4.25. The highest BCUT2D eigenvalue weighted by Crippen LogP contribution is 2.29. The van der Waals surface area contributed by atoms with Gasteiger partial charge in [-0.1, -0.05) is 24.3 Å². The van der Waals surface area contributed by atoms with Crippen molar-refractivity contribution in [1.29, 1.82) is 5.26 Å². The maximum atomic E-state index is 13.5. The molecular formula is C19H16FN3O3. The van der Waals surface area contributed by atoms with E-state index in [9.17, 15) is 14.0 Å². The highest BCUT2D eigenvalue weighted by Gasteiger charge is 2.48. The van der Waals surface area contributed by atoms with E-state index in [2.05, 4.69) is 5.32 Å². The van der Waals surface area contributed by atoms with Gasteiger partial charge in [0.1, 0.15) is 12.1 Å². The second-order valence-corrected chi connectivity index (χ2v) is 5.98. The number of urea groups is 1. The second-order valence-electron chi connectivity index (χ2n) is 5.98. The summed E-state index contributed by atoms with van der Waals surface area (Å²) in [5.41, 5.74) is -0.346. The molecule has 1 aliphatic rings. The first kappa shape index (κ1) is 17.4. The first-order valence-electron chi connectivity index (χ1n) is 7.98. The van der Waals surface area contributed by atoms with E-state index in [4.69, 9.17) is 10.00 Å². The lowest BCUT2D eigenvalue weighted by atomic mass is 9.91. The van der Waals surface area contributed by atoms with Crippen LogP contribution < -0.4 is 10.1 Å². The number of hydrogen-bond donors (Lipinski definition) is 1. The fourth-order valence-electron chi connectivity index (χ4n) is 2.80. The molecule has 0 radical (unpaired) electrons. The molecule has 0 bridgehead atoms. The number of halogens is 1. The van der Waals surface area contributed by atoms with Gasteiger partial charge >= 0.3 is 6.03 Å². The normalized spacial score (nSPS) is 19.2. The number of carbonyl (C=O) groups is 2. The Kier molecular flexibility index (Phi) is 4.59. The van der Waals surface area contributed by atoms with Gasteiger partial charge in [-0.25, -0.2) is 9.18 Å². The van der Waals surface area contributed by atoms with Crippen LogP contribution in [-0.2, 0) is 10.3 Å². The quantitative estimate of drug-likeness (QED) is 0.838. The van der Waals surface area contributed by atoms with Gasteiger partial charge in [0.05, 0.1) is 18.2 Å². The lowest BCUT2D eigenvalue weighted by molar-refractivity contribution is -0.131. The van der Waals surface area contributed by atoms with Gasteiger partial charge in [-0.3, -0.25) is 9.69 Å². The molecule has 7 heteroatoms. The van der Waals surface area contributed by atoms with Crippen LogP contribution in [0.15, 0.2) is 48.5 Å². The Morgan fingerprint density at radius 3 is 2.73 bits per heavy atom. The number of ether oxygens (including phenoxy) is 1. The molecule has 0 aromatic heterocycles. The van der Waals surface area contributed by atoms with Crippen molar-refractivity contribution in [2.24, 2.45) is 0 Å². The lowest BCUT2D eigenvalue weighted by Crippen LogP contribution is -2.41. The molecule has 2 aromatic carbocycles. The van der Waals surface area contributed by atoms with E-state index < -0.39 is 23.3 Å². The van der Waals surface area contributed by atoms with Gasteiger partial charge < -0.3 is 10.1 Å². The summed E-state index contributed by atoms with van der Waals surface area (Å²) >= 11 is 0. The number of para-hydroxylation sites is 1. The lowest BCUT2D eigenvalue weighted by Gasteiger charge is -2.22. The third kappa shape index (κ3) is 3.09. The van der Waals surface area contributed by atoms with Crippen molar-refractivity contribution >= 4 is 11.9 Å². The Hall–Kier alpha value is -3.40. The highest BCUT2D eigenvalue weighted by molar-refractivity contribution is 6.07. The maximum Gasteiger partial charge on any atom is 0.325 e. The molecule has 0 spiro atoms. The molecule has 6 nitrogen and oxygen atoms in total. The van der Waals surface area contributed by atoms with Crippen LogP contribution in [-0.4, -0.2) is 30.0 Å². The largest absolute Gasteiger partial charge is 0.489 e. The number of carbonyl (C=O) groups excluding carboxylic acids is 2. The van der Waals surface area contributed by atoms with Gasteiger partial charge in [0.2, 0.25) is 0 Å². The van der Waals surface area contributed by atoms with Crippen molar-refractivity contribution < 1.29 is 18.7 Å². The summed E-state index contributed by atoms with van der Waals surface area (Å²) in [4.78, 5) is 26.0. The Labute approximate surface area is 149 Å². The molecule has 1 fully saturated rings. The first-order chi connectivity index (χ1) is 12.5. The van der Waals surface area contributed by atoms with Gasteiger partial charge in [0.25, 0.3) is 5.91 Å². The van der Waals surface area contributed by atoms with E-state index in [1.165, 1.54) is 12.1 Å². The molecule has 26 heavy (non-hydrogen) atoms. The van der Waals surface area contributed by atoms with Crippen molar-refractivity contribution in [3.63, 3.8) is 0 Å². The predicted molar refractivity (Wildman–Crippen MR) is 90.6 cm³/mol. The van der Waals surface area contributed by atoms with E-state index in [1.54, 1.807) is 43.3 Å². The Morgan fingerprint density at radius 1 is 1.23 bits per heavy atom. The molecule has 2 aromatic rings. The van der Waals surface area contributed by atoms with Gasteiger partial charge in [-0.05, 0) is 36.8 Å². The Bertz CT molecular complexity index is 909. The SMILES string of the molecule is CC1(c2cccc(C#N)c2)NC(=O)N(CCOc2ccccc2F)C1=O. The summed E-state index contributed by atoms with van der Waals surface area (Å²) in [5.74, 6) is -0.901. The highest BCUT2D eigenvalue weighted by atomic mass is 19.1. The maximum absolute atomic E-state index is 13.5. The number of hydrogen-bond acceptors (Lipinski definition) is 4. The van der Waals surface area contributed by atoms with E-state index in [0.29, 0.717) is 11.1 Å². The van der Waals surface area contributed by atoms with Crippen LogP contribution in [0.2, 0.25) is 0 Å². The van der Waals surface area contributed by atoms with Crippen LogP contribution in [0, 0.1) is 17.1 Å². The number of rotatable bonds is 5. The van der Waals surface area contributed by atoms with E-state index in [1.807, 2.05) is 6.07 Å². The zero-order valence-corrected chi connectivity index (χ0v) is 14.0. The van der Waals surface area contributed by atoms with Crippen LogP contribution >= 0.6 is 0 Å². The molecule has 132 valence electrons. The molecule has 1 atom stereocenters. The minimum absolute atomic E-state index is 0.0213. The fourth-order valence-corrected chi connectivity index (χ4v) is 2.80. The number of benzene rings is 2. The van der Waals surface area contributed by atoms with Crippen molar-refractivity contribution in [3.8, 4) is 11.8 Å². The average Bonchev–Trinajstić information content (AvgIpc) is 2.87. The van der Waals surface area contributed by atoms with E-state index in [0.717, 1.165) is 4.90 Å². The summed E-state index contributed by atoms with van der Waals surface area (Å²) in [6, 6.07) is 13.9. The molecule has 1 N–H and O–H groups in total. The first-order valence-corrected chi connectivity index (χ1v) is 7.98. The molecule has 0 aliphatic carbocycles. The summed E-state index contributed by atoms with van der Waals surface area (Å²) in [6.07, 6.45) is 0. The van der Waals surface area contributed by atoms with Gasteiger partial charge in [0, 0.05) is 0 Å². The van der Waals surface area contributed by atoms with Crippen molar-refractivity contribution in [2.75, 3.05) is 13.2 Å². The van der Waals surface area contributed by atoms with Crippen LogP contribution in [0.25, 0.3) is 0 Å². The van der Waals surface area contributed by atoms with Crippen LogP contribution in [0.5, 0.6) is 5.75 Å². The number of amides is 3. The minimum Gasteiger partial charge on any atom is -0.489 e. The van der Waals surface area contributed by atoms with Crippen LogP contribution in [0.3, 0.4) is 0 Å². The van der Waals surface area contributed by atoms with Crippen molar-refractivity contribution in [2.45, 2.75) is 12.5 Å². The number of nitrogens with one attached hydrogen (secondary N) is 1. The standard InChI is InChI=1S/C19H16FN3O3/c1-19(14-6-4-5-13(11-14)12-21)17(24)23(18(25)22-19)9-10-26-16-8-3-2-7-15(16)20/h2-8,11H,9-10H2,1H3,(H,22,25). The summed E-state index contributed by atoms with van der Waals surface area (Å²) < 4.78 is 18.9. The average molecular weight is 353 g/mol. The molecule has 1 saturated heterocycles. The molecule has 1 unspecified atom stereocenters. The van der Waals surface area contributed by atoms with Gasteiger partial charge in [-0.2, -0.15) is 5.26 Å². The smallest absolute Gasteiger partial charge is 0.325 e. The van der Waals surface area contributed by atoms with Crippen molar-refractivity contribution in [1.82, 2.24) is 10.2 Å². The molecule has 1 aliphatic heterocycles. The third-order valence-electron chi connectivity index (χ3n) is 4.25. The van der Waals surface area contributed by atoms with E-state index in [-0.39, 0.29) is 18.9 Å². The Morgan fingerprint density at radius 2 is 2.00 bits per heavy atom.